The van der Waals surface area contributed by atoms with E-state index in [1.807, 2.05) is 54.1 Å². The van der Waals surface area contributed by atoms with Gasteiger partial charge >= 0.3 is 5.69 Å². The highest BCUT2D eigenvalue weighted by atomic mass is 16.3. The zero-order valence-electron chi connectivity index (χ0n) is 16.3. The summed E-state index contributed by atoms with van der Waals surface area (Å²) in [6.07, 6.45) is 3.52. The number of fused-ring (bicyclic) bond motifs is 3. The maximum atomic E-state index is 12.9. The molecule has 0 aliphatic rings. The number of hydrogen-bond acceptors (Lipinski definition) is 4. The lowest BCUT2D eigenvalue weighted by Gasteiger charge is -2.08. The summed E-state index contributed by atoms with van der Waals surface area (Å²) in [7, 11) is 3.10. The Balaban J connectivity index is 1.88. The molecule has 0 spiro atoms. The zero-order chi connectivity index (χ0) is 20.3. The Hall–Kier alpha value is -3.81. The Morgan fingerprint density at radius 1 is 1.03 bits per heavy atom. The fourth-order valence-electron chi connectivity index (χ4n) is 3.68. The molecule has 1 aromatic carbocycles. The quantitative estimate of drug-likeness (QED) is 0.474. The van der Waals surface area contributed by atoms with Crippen molar-refractivity contribution < 1.29 is 4.42 Å². The van der Waals surface area contributed by atoms with Gasteiger partial charge in [-0.05, 0) is 24.6 Å². The van der Waals surface area contributed by atoms with Crippen molar-refractivity contribution >= 4 is 16.9 Å². The SMILES string of the molecule is Cc1ccc(-c2cn3c4c(=O)n(C)c(=O)n(C)c4nc3n2Cc2ccco2)cc1. The first-order valence-electron chi connectivity index (χ1n) is 9.22. The Morgan fingerprint density at radius 2 is 1.79 bits per heavy atom. The van der Waals surface area contributed by atoms with Crippen molar-refractivity contribution in [2.45, 2.75) is 13.5 Å². The van der Waals surface area contributed by atoms with Crippen molar-refractivity contribution in [1.82, 2.24) is 23.1 Å². The van der Waals surface area contributed by atoms with E-state index in [2.05, 4.69) is 4.98 Å². The Labute approximate surface area is 164 Å². The molecule has 0 N–H and O–H groups in total. The van der Waals surface area contributed by atoms with Gasteiger partial charge in [-0.3, -0.25) is 18.3 Å². The number of imidazole rings is 2. The average molecular weight is 389 g/mol. The summed E-state index contributed by atoms with van der Waals surface area (Å²) >= 11 is 0. The van der Waals surface area contributed by atoms with Crippen molar-refractivity contribution in [2.75, 3.05) is 0 Å². The fraction of sp³-hybridized carbons (Fsp3) is 0.190. The largest absolute Gasteiger partial charge is 0.467 e. The molecule has 0 aliphatic carbocycles. The van der Waals surface area contributed by atoms with Crippen LogP contribution < -0.4 is 11.2 Å². The molecule has 0 aliphatic heterocycles. The van der Waals surface area contributed by atoms with Crippen molar-refractivity contribution in [2.24, 2.45) is 14.1 Å². The first-order valence-corrected chi connectivity index (χ1v) is 9.22. The molecule has 4 heterocycles. The van der Waals surface area contributed by atoms with Crippen LogP contribution in [0.3, 0.4) is 0 Å². The summed E-state index contributed by atoms with van der Waals surface area (Å²) in [5.41, 5.74) is 3.02. The molecule has 29 heavy (non-hydrogen) atoms. The van der Waals surface area contributed by atoms with Crippen molar-refractivity contribution in [3.8, 4) is 11.3 Å². The number of aryl methyl sites for hydroxylation is 2. The van der Waals surface area contributed by atoms with E-state index in [0.717, 1.165) is 27.1 Å². The second-order valence-corrected chi connectivity index (χ2v) is 7.21. The van der Waals surface area contributed by atoms with Gasteiger partial charge in [-0.15, -0.1) is 0 Å². The normalized spacial score (nSPS) is 11.7. The van der Waals surface area contributed by atoms with Crippen molar-refractivity contribution in [3.63, 3.8) is 0 Å². The Kier molecular flexibility index (Phi) is 3.64. The highest BCUT2D eigenvalue weighted by Gasteiger charge is 2.21. The molecule has 8 nitrogen and oxygen atoms in total. The van der Waals surface area contributed by atoms with Gasteiger partial charge in [-0.2, -0.15) is 4.98 Å². The van der Waals surface area contributed by atoms with Crippen molar-refractivity contribution in [1.29, 1.82) is 0 Å². The van der Waals surface area contributed by atoms with E-state index >= 15 is 0 Å². The summed E-state index contributed by atoms with van der Waals surface area (Å²) in [5, 5.41) is 0. The predicted octanol–water partition coefficient (Wildman–Crippen LogP) is 2.30. The maximum absolute atomic E-state index is 12.9. The molecule has 4 aromatic heterocycles. The zero-order valence-corrected chi connectivity index (χ0v) is 16.3. The first-order chi connectivity index (χ1) is 14.0. The first kappa shape index (κ1) is 17.3. The van der Waals surface area contributed by atoms with E-state index in [4.69, 9.17) is 4.42 Å². The lowest BCUT2D eigenvalue weighted by Crippen LogP contribution is -2.37. The molecule has 0 fully saturated rings. The van der Waals surface area contributed by atoms with E-state index in [1.54, 1.807) is 17.7 Å². The number of hydrogen-bond donors (Lipinski definition) is 0. The second kappa shape index (κ2) is 6.10. The molecule has 0 unspecified atom stereocenters. The van der Waals surface area contributed by atoms with Crippen LogP contribution in [0.5, 0.6) is 0 Å². The minimum absolute atomic E-state index is 0.358. The Bertz CT molecular complexity index is 1480. The fourth-order valence-corrected chi connectivity index (χ4v) is 3.68. The topological polar surface area (TPSA) is 79.4 Å². The van der Waals surface area contributed by atoms with Gasteiger partial charge in [0.15, 0.2) is 11.2 Å². The number of benzene rings is 1. The monoisotopic (exact) mass is 389 g/mol. The lowest BCUT2D eigenvalue weighted by atomic mass is 10.1. The molecule has 0 atom stereocenters. The van der Waals surface area contributed by atoms with E-state index in [9.17, 15) is 9.59 Å². The van der Waals surface area contributed by atoms with Gasteiger partial charge in [-0.1, -0.05) is 29.8 Å². The van der Waals surface area contributed by atoms with Crippen LogP contribution in [0.1, 0.15) is 11.3 Å². The van der Waals surface area contributed by atoms with Crippen molar-refractivity contribution in [3.05, 3.63) is 81.0 Å². The second-order valence-electron chi connectivity index (χ2n) is 7.21. The van der Waals surface area contributed by atoms with E-state index in [1.165, 1.54) is 11.6 Å². The molecule has 0 amide bonds. The van der Waals surface area contributed by atoms with Gasteiger partial charge in [0.25, 0.3) is 5.56 Å². The molecule has 0 radical (unpaired) electrons. The van der Waals surface area contributed by atoms with E-state index < -0.39 is 5.69 Å². The van der Waals surface area contributed by atoms with E-state index in [0.29, 0.717) is 23.5 Å². The van der Waals surface area contributed by atoms with Gasteiger partial charge in [-0.25, -0.2) is 4.79 Å². The highest BCUT2D eigenvalue weighted by Crippen LogP contribution is 2.26. The van der Waals surface area contributed by atoms with E-state index in [-0.39, 0.29) is 5.56 Å². The summed E-state index contributed by atoms with van der Waals surface area (Å²) in [4.78, 5) is 29.8. The van der Waals surface area contributed by atoms with Crippen LogP contribution in [0.2, 0.25) is 0 Å². The third-order valence-electron chi connectivity index (χ3n) is 5.30. The molecular weight excluding hydrogens is 370 g/mol. The van der Waals surface area contributed by atoms with Gasteiger partial charge in [0.05, 0.1) is 18.5 Å². The van der Waals surface area contributed by atoms with Crippen LogP contribution >= 0.6 is 0 Å². The minimum Gasteiger partial charge on any atom is -0.467 e. The molecule has 8 heteroatoms. The molecule has 0 bridgehead atoms. The van der Waals surface area contributed by atoms with Crippen LogP contribution in [0.15, 0.2) is 62.9 Å². The smallest absolute Gasteiger partial charge is 0.332 e. The highest BCUT2D eigenvalue weighted by molar-refractivity contribution is 5.78. The summed E-state index contributed by atoms with van der Waals surface area (Å²) in [6, 6.07) is 11.9. The molecule has 0 saturated carbocycles. The van der Waals surface area contributed by atoms with Crippen LogP contribution in [-0.2, 0) is 20.6 Å². The Morgan fingerprint density at radius 3 is 2.48 bits per heavy atom. The third-order valence-corrected chi connectivity index (χ3v) is 5.30. The van der Waals surface area contributed by atoms with Crippen LogP contribution in [0.25, 0.3) is 28.2 Å². The molecule has 5 aromatic rings. The van der Waals surface area contributed by atoms with Crippen LogP contribution in [0.4, 0.5) is 0 Å². The summed E-state index contributed by atoms with van der Waals surface area (Å²) in [5.74, 6) is 1.34. The minimum atomic E-state index is -0.403. The van der Waals surface area contributed by atoms with Gasteiger partial charge < -0.3 is 8.98 Å². The number of furan rings is 1. The lowest BCUT2D eigenvalue weighted by molar-refractivity contribution is 0.497. The standard InChI is InChI=1S/C21H19N5O3/c1-13-6-8-14(9-7-13)16-12-26-17-18(23(2)21(28)24(3)19(17)27)22-20(26)25(16)11-15-5-4-10-29-15/h4-10,12H,11H2,1-3H3. The molecule has 146 valence electrons. The van der Waals surface area contributed by atoms with Gasteiger partial charge in [0.1, 0.15) is 5.76 Å². The molecule has 5 rings (SSSR count). The van der Waals surface area contributed by atoms with Crippen LogP contribution in [-0.4, -0.2) is 23.1 Å². The maximum Gasteiger partial charge on any atom is 0.332 e. The summed E-state index contributed by atoms with van der Waals surface area (Å²) in [6.45, 7) is 2.49. The third kappa shape index (κ3) is 2.49. The van der Waals surface area contributed by atoms with Gasteiger partial charge in [0, 0.05) is 20.3 Å². The molecular formula is C21H19N5O3. The van der Waals surface area contributed by atoms with Crippen LogP contribution in [0, 0.1) is 6.92 Å². The number of aromatic nitrogens is 5. The number of rotatable bonds is 3. The molecule has 0 saturated heterocycles. The summed E-state index contributed by atoms with van der Waals surface area (Å²) < 4.78 is 11.8. The average Bonchev–Trinajstić information content (AvgIpc) is 3.42. The van der Waals surface area contributed by atoms with Gasteiger partial charge in [0.2, 0.25) is 5.78 Å². The predicted molar refractivity (Wildman–Crippen MR) is 109 cm³/mol. The number of nitrogens with zero attached hydrogens (tertiary/aromatic N) is 5.